The lowest BCUT2D eigenvalue weighted by molar-refractivity contribution is 0.202. The highest BCUT2D eigenvalue weighted by Gasteiger charge is 1.91. The summed E-state index contributed by atoms with van der Waals surface area (Å²) in [6, 6.07) is 8.30. The summed E-state index contributed by atoms with van der Waals surface area (Å²) in [4.78, 5) is 0. The fourth-order valence-corrected chi connectivity index (χ4v) is 0.891. The SMILES string of the molecule is C=C(C)OCc1ccc(C)cc1. The molecule has 0 radical (unpaired) electrons. The van der Waals surface area contributed by atoms with E-state index in [1.807, 2.05) is 6.92 Å². The molecule has 1 rings (SSSR count). The first-order valence-corrected chi connectivity index (χ1v) is 4.02. The molecule has 0 aliphatic rings. The Bertz CT molecular complexity index is 259. The van der Waals surface area contributed by atoms with E-state index < -0.39 is 0 Å². The number of hydrogen-bond acceptors (Lipinski definition) is 1. The Morgan fingerprint density at radius 3 is 2.42 bits per heavy atom. The van der Waals surface area contributed by atoms with E-state index >= 15 is 0 Å². The molecule has 0 saturated carbocycles. The molecule has 0 amide bonds. The Morgan fingerprint density at radius 2 is 1.92 bits per heavy atom. The van der Waals surface area contributed by atoms with Crippen LogP contribution in [0.15, 0.2) is 36.6 Å². The quantitative estimate of drug-likeness (QED) is 0.621. The van der Waals surface area contributed by atoms with Gasteiger partial charge in [-0.25, -0.2) is 0 Å². The number of ether oxygens (including phenoxy) is 1. The zero-order chi connectivity index (χ0) is 8.97. The van der Waals surface area contributed by atoms with E-state index in [2.05, 4.69) is 37.8 Å². The summed E-state index contributed by atoms with van der Waals surface area (Å²) in [6.07, 6.45) is 0. The molecule has 1 aromatic carbocycles. The van der Waals surface area contributed by atoms with Crippen LogP contribution in [0.5, 0.6) is 0 Å². The van der Waals surface area contributed by atoms with Crippen LogP contribution in [0, 0.1) is 6.92 Å². The molecule has 0 aromatic heterocycles. The van der Waals surface area contributed by atoms with Crippen molar-refractivity contribution in [2.75, 3.05) is 0 Å². The van der Waals surface area contributed by atoms with Crippen molar-refractivity contribution in [1.82, 2.24) is 0 Å². The van der Waals surface area contributed by atoms with Crippen LogP contribution in [0.1, 0.15) is 18.1 Å². The third-order valence-electron chi connectivity index (χ3n) is 1.61. The maximum Gasteiger partial charge on any atom is 0.113 e. The highest BCUT2D eigenvalue weighted by molar-refractivity contribution is 5.20. The molecule has 12 heavy (non-hydrogen) atoms. The fraction of sp³-hybridized carbons (Fsp3) is 0.273. The Labute approximate surface area is 73.7 Å². The lowest BCUT2D eigenvalue weighted by Crippen LogP contribution is -1.89. The predicted octanol–water partition coefficient (Wildman–Crippen LogP) is 3.05. The van der Waals surface area contributed by atoms with E-state index in [0.29, 0.717) is 6.61 Å². The number of rotatable bonds is 3. The van der Waals surface area contributed by atoms with Gasteiger partial charge in [0.2, 0.25) is 0 Å². The van der Waals surface area contributed by atoms with Crippen LogP contribution < -0.4 is 0 Å². The maximum absolute atomic E-state index is 5.27. The second-order valence-electron chi connectivity index (χ2n) is 2.98. The van der Waals surface area contributed by atoms with Crippen LogP contribution >= 0.6 is 0 Å². The first-order valence-electron chi connectivity index (χ1n) is 4.02. The van der Waals surface area contributed by atoms with E-state index in [4.69, 9.17) is 4.74 Å². The fourth-order valence-electron chi connectivity index (χ4n) is 0.891. The van der Waals surface area contributed by atoms with Crippen LogP contribution in [0.4, 0.5) is 0 Å². The average Bonchev–Trinajstić information content (AvgIpc) is 2.03. The molecule has 0 aliphatic heterocycles. The van der Waals surface area contributed by atoms with Crippen molar-refractivity contribution in [2.45, 2.75) is 20.5 Å². The topological polar surface area (TPSA) is 9.23 Å². The minimum absolute atomic E-state index is 0.621. The molecule has 64 valence electrons. The van der Waals surface area contributed by atoms with Gasteiger partial charge in [0, 0.05) is 0 Å². The highest BCUT2D eigenvalue weighted by atomic mass is 16.5. The molecule has 0 N–H and O–H groups in total. The van der Waals surface area contributed by atoms with Gasteiger partial charge in [-0.15, -0.1) is 0 Å². The first kappa shape index (κ1) is 8.85. The zero-order valence-corrected chi connectivity index (χ0v) is 7.63. The standard InChI is InChI=1S/C11H14O/c1-9(2)12-8-11-6-4-10(3)5-7-11/h4-7H,1,8H2,2-3H3. The molecule has 1 heteroatoms. The van der Waals surface area contributed by atoms with Crippen LogP contribution in [0.2, 0.25) is 0 Å². The van der Waals surface area contributed by atoms with Crippen LogP contribution in [-0.2, 0) is 11.3 Å². The average molecular weight is 162 g/mol. The van der Waals surface area contributed by atoms with Crippen molar-refractivity contribution in [1.29, 1.82) is 0 Å². The Hall–Kier alpha value is -1.24. The Morgan fingerprint density at radius 1 is 1.33 bits per heavy atom. The largest absolute Gasteiger partial charge is 0.494 e. The van der Waals surface area contributed by atoms with E-state index in [-0.39, 0.29) is 0 Å². The van der Waals surface area contributed by atoms with Gasteiger partial charge in [0.1, 0.15) is 6.61 Å². The smallest absolute Gasteiger partial charge is 0.113 e. The normalized spacial score (nSPS) is 9.50. The number of benzene rings is 1. The minimum atomic E-state index is 0.621. The van der Waals surface area contributed by atoms with Crippen molar-refractivity contribution in [3.63, 3.8) is 0 Å². The van der Waals surface area contributed by atoms with Crippen molar-refractivity contribution in [3.05, 3.63) is 47.7 Å². The Balaban J connectivity index is 2.53. The summed E-state index contributed by atoms with van der Waals surface area (Å²) in [5.74, 6) is 0.760. The zero-order valence-electron chi connectivity index (χ0n) is 7.63. The van der Waals surface area contributed by atoms with Crippen molar-refractivity contribution < 1.29 is 4.74 Å². The third kappa shape index (κ3) is 2.79. The van der Waals surface area contributed by atoms with Crippen LogP contribution in [0.25, 0.3) is 0 Å². The molecule has 0 unspecified atom stereocenters. The summed E-state index contributed by atoms with van der Waals surface area (Å²) in [7, 11) is 0. The second kappa shape index (κ2) is 3.96. The molecule has 0 heterocycles. The lowest BCUT2D eigenvalue weighted by Gasteiger charge is -2.04. The van der Waals surface area contributed by atoms with Crippen molar-refractivity contribution >= 4 is 0 Å². The summed E-state index contributed by atoms with van der Waals surface area (Å²) in [5, 5.41) is 0. The van der Waals surface area contributed by atoms with E-state index in [0.717, 1.165) is 5.76 Å². The highest BCUT2D eigenvalue weighted by Crippen LogP contribution is 2.06. The van der Waals surface area contributed by atoms with E-state index in [1.165, 1.54) is 11.1 Å². The summed E-state index contributed by atoms with van der Waals surface area (Å²) < 4.78 is 5.27. The molecule has 0 saturated heterocycles. The first-order chi connectivity index (χ1) is 5.68. The predicted molar refractivity (Wildman–Crippen MR) is 50.8 cm³/mol. The van der Waals surface area contributed by atoms with Gasteiger partial charge in [0.15, 0.2) is 0 Å². The maximum atomic E-state index is 5.27. The van der Waals surface area contributed by atoms with Gasteiger partial charge in [0.25, 0.3) is 0 Å². The summed E-state index contributed by atoms with van der Waals surface area (Å²) >= 11 is 0. The molecule has 0 aliphatic carbocycles. The third-order valence-corrected chi connectivity index (χ3v) is 1.61. The molecule has 1 aromatic rings. The van der Waals surface area contributed by atoms with Gasteiger partial charge in [0.05, 0.1) is 5.76 Å². The van der Waals surface area contributed by atoms with Gasteiger partial charge in [-0.2, -0.15) is 0 Å². The molecule has 0 bridgehead atoms. The number of hydrogen-bond donors (Lipinski definition) is 0. The molecule has 0 fully saturated rings. The van der Waals surface area contributed by atoms with Crippen molar-refractivity contribution in [3.8, 4) is 0 Å². The minimum Gasteiger partial charge on any atom is -0.494 e. The van der Waals surface area contributed by atoms with Crippen LogP contribution in [0.3, 0.4) is 0 Å². The molecule has 0 atom stereocenters. The number of aryl methyl sites for hydroxylation is 1. The summed E-state index contributed by atoms with van der Waals surface area (Å²) in [5.41, 5.74) is 2.46. The molecular weight excluding hydrogens is 148 g/mol. The molecule has 1 nitrogen and oxygen atoms in total. The van der Waals surface area contributed by atoms with Gasteiger partial charge in [-0.1, -0.05) is 36.4 Å². The number of allylic oxidation sites excluding steroid dienone is 1. The summed E-state index contributed by atoms with van der Waals surface area (Å²) in [6.45, 7) is 8.21. The van der Waals surface area contributed by atoms with Gasteiger partial charge in [-0.05, 0) is 19.4 Å². The van der Waals surface area contributed by atoms with Gasteiger partial charge >= 0.3 is 0 Å². The monoisotopic (exact) mass is 162 g/mol. The molecule has 0 spiro atoms. The van der Waals surface area contributed by atoms with E-state index in [9.17, 15) is 0 Å². The second-order valence-corrected chi connectivity index (χ2v) is 2.98. The lowest BCUT2D eigenvalue weighted by atomic mass is 10.2. The van der Waals surface area contributed by atoms with Crippen LogP contribution in [-0.4, -0.2) is 0 Å². The molecular formula is C11H14O. The van der Waals surface area contributed by atoms with Crippen molar-refractivity contribution in [2.24, 2.45) is 0 Å². The van der Waals surface area contributed by atoms with Gasteiger partial charge in [-0.3, -0.25) is 0 Å². The van der Waals surface area contributed by atoms with E-state index in [1.54, 1.807) is 0 Å². The van der Waals surface area contributed by atoms with Gasteiger partial charge < -0.3 is 4.74 Å². The Kier molecular flexibility index (Phi) is 2.92.